The summed E-state index contributed by atoms with van der Waals surface area (Å²) in [5, 5.41) is 5.83. The number of nitrogens with one attached hydrogen (secondary N) is 2. The SMILES string of the molecule is C=Cc1cc(Nc2nccn3c(-c4ccc(OC(F)F)cc4)cnc23)ccc1C(=O)NC. The van der Waals surface area contributed by atoms with Gasteiger partial charge >= 0.3 is 6.61 Å². The van der Waals surface area contributed by atoms with E-state index in [1.54, 1.807) is 62.0 Å². The van der Waals surface area contributed by atoms with Crippen molar-refractivity contribution >= 4 is 29.1 Å². The normalized spacial score (nSPS) is 10.9. The Morgan fingerprint density at radius 1 is 1.19 bits per heavy atom. The lowest BCUT2D eigenvalue weighted by Crippen LogP contribution is -2.18. The third-order valence-electron chi connectivity index (χ3n) is 4.81. The molecule has 7 nitrogen and oxygen atoms in total. The van der Waals surface area contributed by atoms with Crippen LogP contribution >= 0.6 is 0 Å². The Morgan fingerprint density at radius 2 is 1.97 bits per heavy atom. The highest BCUT2D eigenvalue weighted by molar-refractivity contribution is 5.98. The van der Waals surface area contributed by atoms with E-state index in [-0.39, 0.29) is 11.7 Å². The number of aromatic nitrogens is 3. The number of carbonyl (C=O) groups is 1. The first-order valence-corrected chi connectivity index (χ1v) is 9.63. The van der Waals surface area contributed by atoms with Gasteiger partial charge in [-0.3, -0.25) is 9.20 Å². The monoisotopic (exact) mass is 435 g/mol. The molecule has 2 aromatic carbocycles. The molecule has 0 saturated heterocycles. The molecule has 4 aromatic rings. The van der Waals surface area contributed by atoms with Crippen LogP contribution in [0.25, 0.3) is 23.0 Å². The minimum absolute atomic E-state index is 0.0832. The van der Waals surface area contributed by atoms with Crippen LogP contribution in [0.3, 0.4) is 0 Å². The van der Waals surface area contributed by atoms with E-state index in [0.29, 0.717) is 28.3 Å². The fourth-order valence-electron chi connectivity index (χ4n) is 3.32. The van der Waals surface area contributed by atoms with Gasteiger partial charge in [-0.1, -0.05) is 12.7 Å². The summed E-state index contributed by atoms with van der Waals surface area (Å²) in [7, 11) is 1.57. The van der Waals surface area contributed by atoms with Crippen molar-refractivity contribution in [1.82, 2.24) is 19.7 Å². The molecular formula is C23H19F2N5O2. The lowest BCUT2D eigenvalue weighted by Gasteiger charge is -2.11. The largest absolute Gasteiger partial charge is 0.435 e. The molecule has 0 fully saturated rings. The Hall–Kier alpha value is -4.27. The number of hydrogen-bond donors (Lipinski definition) is 2. The molecule has 0 saturated carbocycles. The summed E-state index contributed by atoms with van der Waals surface area (Å²) in [5.41, 5.74) is 4.02. The van der Waals surface area contributed by atoms with Crippen LogP contribution in [0.15, 0.2) is 67.6 Å². The first-order chi connectivity index (χ1) is 15.5. The van der Waals surface area contributed by atoms with Gasteiger partial charge in [0, 0.05) is 36.3 Å². The van der Waals surface area contributed by atoms with Crippen LogP contribution in [0, 0.1) is 0 Å². The van der Waals surface area contributed by atoms with Gasteiger partial charge < -0.3 is 15.4 Å². The maximum atomic E-state index is 12.4. The molecule has 9 heteroatoms. The Balaban J connectivity index is 1.65. The van der Waals surface area contributed by atoms with Crippen molar-refractivity contribution in [3.8, 4) is 17.0 Å². The van der Waals surface area contributed by atoms with E-state index in [1.165, 1.54) is 12.1 Å². The molecule has 0 unspecified atom stereocenters. The molecule has 0 spiro atoms. The maximum absolute atomic E-state index is 12.4. The van der Waals surface area contributed by atoms with Gasteiger partial charge in [-0.15, -0.1) is 0 Å². The summed E-state index contributed by atoms with van der Waals surface area (Å²) in [6, 6.07) is 11.6. The van der Waals surface area contributed by atoms with Crippen LogP contribution < -0.4 is 15.4 Å². The molecule has 2 aromatic heterocycles. The van der Waals surface area contributed by atoms with Crippen molar-refractivity contribution in [3.63, 3.8) is 0 Å². The molecule has 0 bridgehead atoms. The summed E-state index contributed by atoms with van der Waals surface area (Å²) in [6.45, 7) is 0.903. The van der Waals surface area contributed by atoms with Gasteiger partial charge in [0.05, 0.1) is 11.9 Å². The Morgan fingerprint density at radius 3 is 2.66 bits per heavy atom. The highest BCUT2D eigenvalue weighted by Gasteiger charge is 2.13. The number of alkyl halides is 2. The third-order valence-corrected chi connectivity index (χ3v) is 4.81. The molecule has 2 heterocycles. The van der Waals surface area contributed by atoms with Gasteiger partial charge in [-0.05, 0) is 48.0 Å². The maximum Gasteiger partial charge on any atom is 0.387 e. The molecule has 0 aliphatic heterocycles. The highest BCUT2D eigenvalue weighted by Crippen LogP contribution is 2.27. The van der Waals surface area contributed by atoms with Crippen molar-refractivity contribution in [2.75, 3.05) is 12.4 Å². The number of benzene rings is 2. The topological polar surface area (TPSA) is 80.6 Å². The van der Waals surface area contributed by atoms with E-state index in [2.05, 4.69) is 31.9 Å². The van der Waals surface area contributed by atoms with E-state index < -0.39 is 6.61 Å². The number of anilines is 2. The van der Waals surface area contributed by atoms with Crippen LogP contribution in [-0.4, -0.2) is 33.9 Å². The van der Waals surface area contributed by atoms with E-state index in [1.807, 2.05) is 4.40 Å². The lowest BCUT2D eigenvalue weighted by atomic mass is 10.1. The fraction of sp³-hybridized carbons (Fsp3) is 0.0870. The molecule has 0 aliphatic carbocycles. The van der Waals surface area contributed by atoms with Gasteiger partial charge in [-0.25, -0.2) is 9.97 Å². The summed E-state index contributed by atoms with van der Waals surface area (Å²) in [5.74, 6) is 0.397. The summed E-state index contributed by atoms with van der Waals surface area (Å²) in [6.07, 6.45) is 6.67. The molecular weight excluding hydrogens is 416 g/mol. The van der Waals surface area contributed by atoms with E-state index >= 15 is 0 Å². The average molecular weight is 435 g/mol. The van der Waals surface area contributed by atoms with Crippen LogP contribution in [0.5, 0.6) is 5.75 Å². The average Bonchev–Trinajstić information content (AvgIpc) is 3.24. The molecule has 4 rings (SSSR count). The standard InChI is InChI=1S/C23H19F2N5O2/c1-3-14-12-16(6-9-18(14)22(31)26-2)29-20-21-28-13-19(30(21)11-10-27-20)15-4-7-17(8-5-15)32-23(24)25/h3-13,23H,1H2,2H3,(H,26,31)(H,27,29). The predicted molar refractivity (Wildman–Crippen MR) is 118 cm³/mol. The van der Waals surface area contributed by atoms with Gasteiger partial charge in [0.15, 0.2) is 11.5 Å². The molecule has 1 amide bonds. The van der Waals surface area contributed by atoms with E-state index in [9.17, 15) is 13.6 Å². The van der Waals surface area contributed by atoms with Crippen LogP contribution in [0.2, 0.25) is 0 Å². The van der Waals surface area contributed by atoms with Crippen molar-refractivity contribution in [2.24, 2.45) is 0 Å². The predicted octanol–water partition coefficient (Wildman–Crippen LogP) is 4.74. The van der Waals surface area contributed by atoms with Crippen LogP contribution in [0.1, 0.15) is 15.9 Å². The second-order valence-corrected chi connectivity index (χ2v) is 6.73. The molecule has 32 heavy (non-hydrogen) atoms. The molecule has 162 valence electrons. The Labute approximate surface area is 182 Å². The zero-order valence-corrected chi connectivity index (χ0v) is 17.0. The first kappa shape index (κ1) is 21.0. The Kier molecular flexibility index (Phi) is 5.80. The fourth-order valence-corrected chi connectivity index (χ4v) is 3.32. The number of fused-ring (bicyclic) bond motifs is 1. The molecule has 0 atom stereocenters. The number of amides is 1. The summed E-state index contributed by atoms with van der Waals surface area (Å²) < 4.78 is 31.0. The minimum atomic E-state index is -2.87. The first-order valence-electron chi connectivity index (χ1n) is 9.63. The highest BCUT2D eigenvalue weighted by atomic mass is 19.3. The van der Waals surface area contributed by atoms with Crippen molar-refractivity contribution in [3.05, 3.63) is 78.8 Å². The van der Waals surface area contributed by atoms with Gasteiger partial charge in [0.1, 0.15) is 5.75 Å². The molecule has 2 N–H and O–H groups in total. The Bertz CT molecular complexity index is 1290. The van der Waals surface area contributed by atoms with Crippen molar-refractivity contribution < 1.29 is 18.3 Å². The summed E-state index contributed by atoms with van der Waals surface area (Å²) in [4.78, 5) is 20.8. The number of rotatable bonds is 7. The number of ether oxygens (including phenoxy) is 1. The van der Waals surface area contributed by atoms with Crippen molar-refractivity contribution in [1.29, 1.82) is 0 Å². The number of halogens is 2. The van der Waals surface area contributed by atoms with E-state index in [4.69, 9.17) is 0 Å². The summed E-state index contributed by atoms with van der Waals surface area (Å²) >= 11 is 0. The number of hydrogen-bond acceptors (Lipinski definition) is 5. The van der Waals surface area contributed by atoms with Gasteiger partial charge in [0.2, 0.25) is 0 Å². The zero-order valence-electron chi connectivity index (χ0n) is 17.0. The number of nitrogens with zero attached hydrogens (tertiary/aromatic N) is 3. The number of imidazole rings is 1. The van der Waals surface area contributed by atoms with Crippen molar-refractivity contribution in [2.45, 2.75) is 6.61 Å². The smallest absolute Gasteiger partial charge is 0.387 e. The quantitative estimate of drug-likeness (QED) is 0.438. The second kappa shape index (κ2) is 8.84. The lowest BCUT2D eigenvalue weighted by molar-refractivity contribution is -0.0498. The van der Waals surface area contributed by atoms with Crippen LogP contribution in [0.4, 0.5) is 20.3 Å². The molecule has 0 radical (unpaired) electrons. The number of carbonyl (C=O) groups excluding carboxylic acids is 1. The van der Waals surface area contributed by atoms with E-state index in [0.717, 1.165) is 11.3 Å². The zero-order chi connectivity index (χ0) is 22.7. The van der Waals surface area contributed by atoms with Crippen LogP contribution in [-0.2, 0) is 0 Å². The third kappa shape index (κ3) is 4.13. The van der Waals surface area contributed by atoms with Gasteiger partial charge in [-0.2, -0.15) is 8.78 Å². The minimum Gasteiger partial charge on any atom is -0.435 e. The molecule has 0 aliphatic rings. The van der Waals surface area contributed by atoms with Gasteiger partial charge in [0.25, 0.3) is 5.91 Å². The second-order valence-electron chi connectivity index (χ2n) is 6.73.